The Kier molecular flexibility index (Phi) is 5.06. The Hall–Kier alpha value is -3.18. The first-order valence-electron chi connectivity index (χ1n) is 7.79. The number of hydrogen-bond acceptors (Lipinski definition) is 3. The van der Waals surface area contributed by atoms with Crippen LogP contribution in [0.2, 0.25) is 0 Å². The highest BCUT2D eigenvalue weighted by Gasteiger charge is 2.11. The molecule has 0 aromatic heterocycles. The van der Waals surface area contributed by atoms with Crippen molar-refractivity contribution in [2.45, 2.75) is 6.54 Å². The van der Waals surface area contributed by atoms with Gasteiger partial charge < -0.3 is 10.5 Å². The maximum absolute atomic E-state index is 13.8. The Morgan fingerprint density at radius 3 is 2.24 bits per heavy atom. The van der Waals surface area contributed by atoms with Gasteiger partial charge in [0.1, 0.15) is 5.82 Å². The molecule has 0 unspecified atom stereocenters. The van der Waals surface area contributed by atoms with Crippen LogP contribution in [0.15, 0.2) is 72.8 Å². The van der Waals surface area contributed by atoms with Gasteiger partial charge in [0, 0.05) is 12.2 Å². The lowest BCUT2D eigenvalue weighted by molar-refractivity contribution is 0.0692. The van der Waals surface area contributed by atoms with Crippen LogP contribution in [0.4, 0.5) is 10.1 Å². The van der Waals surface area contributed by atoms with Crippen molar-refractivity contribution in [2.24, 2.45) is 0 Å². The molecule has 0 bridgehead atoms. The largest absolute Gasteiger partial charge is 0.478 e. The van der Waals surface area contributed by atoms with Crippen LogP contribution in [0.1, 0.15) is 15.9 Å². The standard InChI is InChI=1S/C20H17FN2O2/c21-19-12-16(10-11-18(19)20(24)25)15-8-6-14(7-9-15)13-22-23-17-4-2-1-3-5-17/h1-12,22-23H,13H2,(H,24,25). The second kappa shape index (κ2) is 7.59. The highest BCUT2D eigenvalue weighted by Crippen LogP contribution is 2.22. The summed E-state index contributed by atoms with van der Waals surface area (Å²) in [4.78, 5) is 10.9. The molecule has 0 aliphatic rings. The quantitative estimate of drug-likeness (QED) is 0.587. The summed E-state index contributed by atoms with van der Waals surface area (Å²) in [6, 6.07) is 21.6. The Morgan fingerprint density at radius 2 is 1.60 bits per heavy atom. The Bertz CT molecular complexity index is 865. The maximum Gasteiger partial charge on any atom is 0.338 e. The molecular weight excluding hydrogens is 319 g/mol. The lowest BCUT2D eigenvalue weighted by Gasteiger charge is -2.09. The molecule has 0 aliphatic heterocycles. The van der Waals surface area contributed by atoms with Crippen molar-refractivity contribution >= 4 is 11.7 Å². The van der Waals surface area contributed by atoms with Gasteiger partial charge in [0.05, 0.1) is 5.56 Å². The first-order chi connectivity index (χ1) is 12.1. The van der Waals surface area contributed by atoms with E-state index in [1.807, 2.05) is 54.6 Å². The van der Waals surface area contributed by atoms with E-state index in [0.29, 0.717) is 12.1 Å². The predicted molar refractivity (Wildman–Crippen MR) is 95.7 cm³/mol. The van der Waals surface area contributed by atoms with Gasteiger partial charge in [-0.25, -0.2) is 14.6 Å². The SMILES string of the molecule is O=C(O)c1ccc(-c2ccc(CNNc3ccccc3)cc2)cc1F. The maximum atomic E-state index is 13.8. The molecule has 0 heterocycles. The summed E-state index contributed by atoms with van der Waals surface area (Å²) >= 11 is 0. The summed E-state index contributed by atoms with van der Waals surface area (Å²) in [5.41, 5.74) is 9.43. The van der Waals surface area contributed by atoms with E-state index in [9.17, 15) is 9.18 Å². The van der Waals surface area contributed by atoms with Gasteiger partial charge in [-0.05, 0) is 41.0 Å². The minimum Gasteiger partial charge on any atom is -0.478 e. The number of benzene rings is 3. The van der Waals surface area contributed by atoms with Crippen LogP contribution in [0.5, 0.6) is 0 Å². The third kappa shape index (κ3) is 4.22. The molecule has 3 rings (SSSR count). The summed E-state index contributed by atoms with van der Waals surface area (Å²) < 4.78 is 13.8. The monoisotopic (exact) mass is 336 g/mol. The number of rotatable bonds is 6. The number of carbonyl (C=O) groups is 1. The zero-order chi connectivity index (χ0) is 17.6. The van der Waals surface area contributed by atoms with Gasteiger partial charge in [-0.2, -0.15) is 0 Å². The van der Waals surface area contributed by atoms with Crippen molar-refractivity contribution in [2.75, 3.05) is 5.43 Å². The Labute approximate surface area is 144 Å². The summed E-state index contributed by atoms with van der Waals surface area (Å²) in [6.45, 7) is 0.626. The average molecular weight is 336 g/mol. The normalized spacial score (nSPS) is 10.4. The third-order valence-corrected chi connectivity index (χ3v) is 3.79. The van der Waals surface area contributed by atoms with Gasteiger partial charge in [-0.1, -0.05) is 48.5 Å². The minimum absolute atomic E-state index is 0.323. The van der Waals surface area contributed by atoms with Crippen LogP contribution < -0.4 is 10.9 Å². The van der Waals surface area contributed by atoms with Crippen LogP contribution in [0.3, 0.4) is 0 Å². The van der Waals surface area contributed by atoms with E-state index >= 15 is 0 Å². The first-order valence-corrected chi connectivity index (χ1v) is 7.79. The van der Waals surface area contributed by atoms with E-state index < -0.39 is 11.8 Å². The molecule has 0 atom stereocenters. The van der Waals surface area contributed by atoms with Gasteiger partial charge in [0.2, 0.25) is 0 Å². The Morgan fingerprint density at radius 1 is 0.920 bits per heavy atom. The van der Waals surface area contributed by atoms with Crippen LogP contribution in [0.25, 0.3) is 11.1 Å². The Balaban J connectivity index is 1.64. The molecule has 0 radical (unpaired) electrons. The second-order valence-electron chi connectivity index (χ2n) is 5.54. The molecule has 25 heavy (non-hydrogen) atoms. The van der Waals surface area contributed by atoms with Crippen molar-refractivity contribution in [3.05, 3.63) is 89.7 Å². The van der Waals surface area contributed by atoms with Crippen LogP contribution >= 0.6 is 0 Å². The molecule has 0 amide bonds. The topological polar surface area (TPSA) is 61.4 Å². The molecule has 0 aliphatic carbocycles. The zero-order valence-electron chi connectivity index (χ0n) is 13.4. The van der Waals surface area contributed by atoms with E-state index in [0.717, 1.165) is 16.8 Å². The van der Waals surface area contributed by atoms with Gasteiger partial charge in [0.25, 0.3) is 0 Å². The van der Waals surface area contributed by atoms with E-state index in [4.69, 9.17) is 5.11 Å². The van der Waals surface area contributed by atoms with E-state index in [1.54, 1.807) is 6.07 Å². The molecule has 0 spiro atoms. The molecule has 3 aromatic carbocycles. The number of anilines is 1. The molecule has 3 N–H and O–H groups in total. The predicted octanol–water partition coefficient (Wildman–Crippen LogP) is 4.31. The van der Waals surface area contributed by atoms with Crippen molar-refractivity contribution in [1.82, 2.24) is 5.43 Å². The third-order valence-electron chi connectivity index (χ3n) is 3.79. The van der Waals surface area contributed by atoms with E-state index in [1.165, 1.54) is 12.1 Å². The minimum atomic E-state index is -1.27. The van der Waals surface area contributed by atoms with Crippen molar-refractivity contribution < 1.29 is 14.3 Å². The van der Waals surface area contributed by atoms with Crippen molar-refractivity contribution in [1.29, 1.82) is 0 Å². The number of para-hydroxylation sites is 1. The number of nitrogens with one attached hydrogen (secondary N) is 2. The second-order valence-corrected chi connectivity index (χ2v) is 5.54. The lowest BCUT2D eigenvalue weighted by Crippen LogP contribution is -2.20. The number of hydrazine groups is 1. The smallest absolute Gasteiger partial charge is 0.338 e. The van der Waals surface area contributed by atoms with Gasteiger partial charge in [-0.3, -0.25) is 0 Å². The molecule has 0 saturated heterocycles. The van der Waals surface area contributed by atoms with Crippen LogP contribution in [-0.2, 0) is 6.54 Å². The average Bonchev–Trinajstić information content (AvgIpc) is 2.63. The number of halogens is 1. The fourth-order valence-corrected chi connectivity index (χ4v) is 2.45. The van der Waals surface area contributed by atoms with Crippen molar-refractivity contribution in [3.63, 3.8) is 0 Å². The van der Waals surface area contributed by atoms with Crippen molar-refractivity contribution in [3.8, 4) is 11.1 Å². The summed E-state index contributed by atoms with van der Waals surface area (Å²) in [6.07, 6.45) is 0. The highest BCUT2D eigenvalue weighted by molar-refractivity contribution is 5.88. The van der Waals surface area contributed by atoms with Crippen LogP contribution in [-0.4, -0.2) is 11.1 Å². The zero-order valence-corrected chi connectivity index (χ0v) is 13.4. The number of aromatic carboxylic acids is 1. The van der Waals surface area contributed by atoms with Gasteiger partial charge in [-0.15, -0.1) is 0 Å². The van der Waals surface area contributed by atoms with E-state index in [-0.39, 0.29) is 5.56 Å². The fourth-order valence-electron chi connectivity index (χ4n) is 2.45. The molecule has 3 aromatic rings. The molecule has 0 saturated carbocycles. The highest BCUT2D eigenvalue weighted by atomic mass is 19.1. The van der Waals surface area contributed by atoms with Crippen LogP contribution in [0, 0.1) is 5.82 Å². The lowest BCUT2D eigenvalue weighted by atomic mass is 10.0. The summed E-state index contributed by atoms with van der Waals surface area (Å²) in [7, 11) is 0. The molecular formula is C20H17FN2O2. The molecule has 4 nitrogen and oxygen atoms in total. The summed E-state index contributed by atoms with van der Waals surface area (Å²) in [5, 5.41) is 8.88. The number of carboxylic acids is 1. The van der Waals surface area contributed by atoms with Gasteiger partial charge >= 0.3 is 5.97 Å². The van der Waals surface area contributed by atoms with E-state index in [2.05, 4.69) is 10.9 Å². The molecule has 0 fully saturated rings. The number of hydrogen-bond donors (Lipinski definition) is 3. The molecule has 5 heteroatoms. The summed E-state index contributed by atoms with van der Waals surface area (Å²) in [5.74, 6) is -2.00. The number of carboxylic acid groups (broad SMARTS) is 1. The fraction of sp³-hybridized carbons (Fsp3) is 0.0500. The van der Waals surface area contributed by atoms with Gasteiger partial charge in [0.15, 0.2) is 0 Å². The first kappa shape index (κ1) is 16.7. The molecule has 126 valence electrons.